The second-order valence-electron chi connectivity index (χ2n) is 3.31. The summed E-state index contributed by atoms with van der Waals surface area (Å²) in [6, 6.07) is 6.53. The number of nitrogens with one attached hydrogen (secondary N) is 2. The van der Waals surface area contributed by atoms with Crippen molar-refractivity contribution < 1.29 is 9.59 Å². The van der Waals surface area contributed by atoms with Gasteiger partial charge in [-0.3, -0.25) is 10.1 Å². The highest BCUT2D eigenvalue weighted by Crippen LogP contribution is 2.14. The molecule has 0 spiro atoms. The van der Waals surface area contributed by atoms with Crippen LogP contribution in [0.15, 0.2) is 24.3 Å². The van der Waals surface area contributed by atoms with Crippen LogP contribution in [0.4, 0.5) is 4.79 Å². The third-order valence-corrected chi connectivity index (χ3v) is 2.19. The van der Waals surface area contributed by atoms with Gasteiger partial charge in [0.05, 0.1) is 0 Å². The molecule has 1 fully saturated rings. The van der Waals surface area contributed by atoms with Gasteiger partial charge in [0.1, 0.15) is 13.9 Å². The van der Waals surface area contributed by atoms with E-state index in [2.05, 4.69) is 10.6 Å². The SMILES string of the molecule is Bc1ccc([C@@H]2NC(=O)NC2=O)cc1. The van der Waals surface area contributed by atoms with Gasteiger partial charge in [0.15, 0.2) is 0 Å². The summed E-state index contributed by atoms with van der Waals surface area (Å²) in [7, 11) is 1.97. The van der Waals surface area contributed by atoms with Gasteiger partial charge in [-0.05, 0) is 5.56 Å². The van der Waals surface area contributed by atoms with E-state index in [1.165, 1.54) is 0 Å². The number of benzene rings is 1. The lowest BCUT2D eigenvalue weighted by molar-refractivity contribution is -0.120. The van der Waals surface area contributed by atoms with Gasteiger partial charge in [-0.15, -0.1) is 0 Å². The quantitative estimate of drug-likeness (QED) is 0.430. The maximum Gasteiger partial charge on any atom is 0.322 e. The molecule has 1 saturated heterocycles. The van der Waals surface area contributed by atoms with Crippen LogP contribution >= 0.6 is 0 Å². The van der Waals surface area contributed by atoms with E-state index in [1.807, 2.05) is 32.1 Å². The van der Waals surface area contributed by atoms with Gasteiger partial charge in [-0.25, -0.2) is 4.79 Å². The lowest BCUT2D eigenvalue weighted by Crippen LogP contribution is -2.22. The predicted octanol–water partition coefficient (Wildman–Crippen LogP) is -1.17. The zero-order valence-electron chi connectivity index (χ0n) is 7.70. The zero-order chi connectivity index (χ0) is 10.1. The Morgan fingerprint density at radius 1 is 1.14 bits per heavy atom. The van der Waals surface area contributed by atoms with Gasteiger partial charge in [-0.1, -0.05) is 29.7 Å². The molecule has 0 aromatic heterocycles. The van der Waals surface area contributed by atoms with Crippen molar-refractivity contribution in [2.75, 3.05) is 0 Å². The van der Waals surface area contributed by atoms with Crippen molar-refractivity contribution in [3.8, 4) is 0 Å². The molecule has 0 aliphatic carbocycles. The number of urea groups is 1. The average molecular weight is 188 g/mol. The normalized spacial score (nSPS) is 20.4. The van der Waals surface area contributed by atoms with Crippen LogP contribution in [0.25, 0.3) is 0 Å². The second kappa shape index (κ2) is 3.18. The fourth-order valence-corrected chi connectivity index (χ4v) is 1.41. The summed E-state index contributed by atoms with van der Waals surface area (Å²) >= 11 is 0. The molecule has 0 bridgehead atoms. The van der Waals surface area contributed by atoms with E-state index in [0.717, 1.165) is 11.0 Å². The van der Waals surface area contributed by atoms with Crippen LogP contribution in [0.1, 0.15) is 11.6 Å². The Kier molecular flexibility index (Phi) is 2.00. The van der Waals surface area contributed by atoms with E-state index in [1.54, 1.807) is 0 Å². The van der Waals surface area contributed by atoms with E-state index >= 15 is 0 Å². The fraction of sp³-hybridized carbons (Fsp3) is 0.111. The van der Waals surface area contributed by atoms with Gasteiger partial charge in [0.25, 0.3) is 5.91 Å². The van der Waals surface area contributed by atoms with Gasteiger partial charge < -0.3 is 5.32 Å². The van der Waals surface area contributed by atoms with E-state index < -0.39 is 12.1 Å². The minimum absolute atomic E-state index is 0.293. The maximum atomic E-state index is 11.3. The van der Waals surface area contributed by atoms with Crippen molar-refractivity contribution in [2.45, 2.75) is 6.04 Å². The molecular formula is C9H9BN2O2. The predicted molar refractivity (Wildman–Crippen MR) is 54.0 cm³/mol. The molecule has 1 aliphatic heterocycles. The summed E-state index contributed by atoms with van der Waals surface area (Å²) in [5.74, 6) is -0.293. The molecule has 1 aliphatic rings. The van der Waals surface area contributed by atoms with Crippen LogP contribution in [-0.2, 0) is 4.79 Å². The lowest BCUT2D eigenvalue weighted by Gasteiger charge is -2.06. The van der Waals surface area contributed by atoms with Crippen LogP contribution in [0.3, 0.4) is 0 Å². The largest absolute Gasteiger partial charge is 0.322 e. The smallest absolute Gasteiger partial charge is 0.322 e. The minimum atomic E-state index is -0.539. The molecule has 2 rings (SSSR count). The maximum absolute atomic E-state index is 11.3. The molecule has 14 heavy (non-hydrogen) atoms. The first-order valence-corrected chi connectivity index (χ1v) is 4.35. The van der Waals surface area contributed by atoms with Crippen molar-refractivity contribution in [3.63, 3.8) is 0 Å². The molecule has 1 heterocycles. The van der Waals surface area contributed by atoms with Gasteiger partial charge in [-0.2, -0.15) is 0 Å². The third kappa shape index (κ3) is 1.48. The Bertz CT molecular complexity index is 388. The van der Waals surface area contributed by atoms with Crippen molar-refractivity contribution >= 4 is 25.2 Å². The molecule has 1 atom stereocenters. The van der Waals surface area contributed by atoms with Crippen LogP contribution in [0, 0.1) is 0 Å². The molecule has 3 amide bonds. The highest BCUT2D eigenvalue weighted by atomic mass is 16.2. The van der Waals surface area contributed by atoms with Crippen LogP contribution in [0.2, 0.25) is 0 Å². The van der Waals surface area contributed by atoms with Crippen molar-refractivity contribution in [1.29, 1.82) is 0 Å². The highest BCUT2D eigenvalue weighted by Gasteiger charge is 2.30. The zero-order valence-corrected chi connectivity index (χ0v) is 7.70. The number of carbonyl (C=O) groups excluding carboxylic acids is 2. The van der Waals surface area contributed by atoms with Crippen LogP contribution in [-0.4, -0.2) is 19.8 Å². The van der Waals surface area contributed by atoms with E-state index in [-0.39, 0.29) is 5.91 Å². The molecule has 70 valence electrons. The second-order valence-corrected chi connectivity index (χ2v) is 3.31. The third-order valence-electron chi connectivity index (χ3n) is 2.19. The Labute approximate surface area is 82.1 Å². The van der Waals surface area contributed by atoms with Gasteiger partial charge >= 0.3 is 6.03 Å². The first kappa shape index (κ1) is 8.81. The van der Waals surface area contributed by atoms with Crippen molar-refractivity contribution in [2.24, 2.45) is 0 Å². The Morgan fingerprint density at radius 2 is 1.79 bits per heavy atom. The highest BCUT2D eigenvalue weighted by molar-refractivity contribution is 6.32. The van der Waals surface area contributed by atoms with Crippen molar-refractivity contribution in [1.82, 2.24) is 10.6 Å². The Hall–Kier alpha value is -1.78. The Morgan fingerprint density at radius 3 is 2.29 bits per heavy atom. The molecule has 0 saturated carbocycles. The first-order valence-electron chi connectivity index (χ1n) is 4.35. The summed E-state index contributed by atoms with van der Waals surface area (Å²) in [5.41, 5.74) is 1.93. The monoisotopic (exact) mass is 188 g/mol. The van der Waals surface area contributed by atoms with Gasteiger partial charge in [0, 0.05) is 0 Å². The number of hydrogen-bond donors (Lipinski definition) is 2. The summed E-state index contributed by atoms with van der Waals surface area (Å²) in [6.45, 7) is 0. The number of rotatable bonds is 1. The average Bonchev–Trinajstić information content (AvgIpc) is 2.47. The minimum Gasteiger partial charge on any atom is -0.322 e. The number of carbonyl (C=O) groups is 2. The molecule has 0 unspecified atom stereocenters. The fourth-order valence-electron chi connectivity index (χ4n) is 1.41. The molecular weight excluding hydrogens is 179 g/mol. The number of imide groups is 1. The van der Waals surface area contributed by atoms with Gasteiger partial charge in [0.2, 0.25) is 0 Å². The standard InChI is InChI=1S/C9H9BN2O2/c10-6-3-1-5(2-4-6)7-8(13)12-9(14)11-7/h1-4,7H,10H2,(H2,11,12,13,14)/t7-/m0/s1. The molecule has 4 nitrogen and oxygen atoms in total. The summed E-state index contributed by atoms with van der Waals surface area (Å²) < 4.78 is 0. The summed E-state index contributed by atoms with van der Waals surface area (Å²) in [6.07, 6.45) is 0. The summed E-state index contributed by atoms with van der Waals surface area (Å²) in [5, 5.41) is 4.73. The Balaban J connectivity index is 2.27. The molecule has 1 aromatic carbocycles. The summed E-state index contributed by atoms with van der Waals surface area (Å²) in [4.78, 5) is 22.1. The van der Waals surface area contributed by atoms with E-state index in [9.17, 15) is 9.59 Å². The molecule has 1 aromatic rings. The lowest BCUT2D eigenvalue weighted by atomic mass is 9.94. The number of hydrogen-bond acceptors (Lipinski definition) is 2. The first-order chi connectivity index (χ1) is 6.66. The van der Waals surface area contributed by atoms with Crippen LogP contribution in [0.5, 0.6) is 0 Å². The molecule has 2 N–H and O–H groups in total. The topological polar surface area (TPSA) is 58.2 Å². The van der Waals surface area contributed by atoms with Crippen molar-refractivity contribution in [3.05, 3.63) is 29.8 Å². The van der Waals surface area contributed by atoms with Crippen LogP contribution < -0.4 is 16.1 Å². The molecule has 5 heteroatoms. The number of amides is 3. The van der Waals surface area contributed by atoms with E-state index in [0.29, 0.717) is 0 Å². The molecule has 0 radical (unpaired) electrons. The van der Waals surface area contributed by atoms with E-state index in [4.69, 9.17) is 0 Å².